The molecule has 12 heteroatoms. The van der Waals surface area contributed by atoms with Crippen LogP contribution in [0, 0.1) is 5.41 Å². The first kappa shape index (κ1) is 31.5. The minimum atomic E-state index is -1.07. The summed E-state index contributed by atoms with van der Waals surface area (Å²) in [5.41, 5.74) is 2.59. The summed E-state index contributed by atoms with van der Waals surface area (Å²) in [5, 5.41) is 8.71. The Morgan fingerprint density at radius 3 is 2.48 bits per heavy atom. The number of ketones is 1. The third kappa shape index (κ3) is 7.30. The van der Waals surface area contributed by atoms with Crippen molar-refractivity contribution in [3.63, 3.8) is 0 Å². The highest BCUT2D eigenvalue weighted by Gasteiger charge is 2.53. The third-order valence-electron chi connectivity index (χ3n) is 7.65. The molecule has 0 bridgehead atoms. The molecule has 1 saturated carbocycles. The monoisotopic (exact) mass is 601 g/mol. The Balaban J connectivity index is 1.63. The van der Waals surface area contributed by atoms with Crippen LogP contribution in [0.25, 0.3) is 5.70 Å². The zero-order valence-corrected chi connectivity index (χ0v) is 25.5. The van der Waals surface area contributed by atoms with Crippen LogP contribution < -0.4 is 21.4 Å². The maximum absolute atomic E-state index is 14.0. The Morgan fingerprint density at radius 1 is 1.17 bits per heavy atom. The standard InChI is InChI=1S/C30H40ClN5O6/c1-6-8-21(24(38)27(40)33-20-11-12-20)34-26(39)23-15-30(14-22(35-42-30)18-9-7-10-19(31)13-18)16-36(23)28(41)25(29(3,4)5)32-17(2)37/h7,9-10,13-14,20-21,23,25,35H,6,8,11-12,15-16H2,1-5H3,(H,32,37)(H,33,40)(H,34,39)/t21-,23-,25+,30+/m0/s1. The molecule has 2 aliphatic heterocycles. The van der Waals surface area contributed by atoms with E-state index < -0.39 is 52.6 Å². The molecule has 2 heterocycles. The number of nitrogens with zero attached hydrogens (tertiary/aromatic N) is 1. The molecule has 1 aromatic rings. The van der Waals surface area contributed by atoms with Crippen LogP contribution in [0.3, 0.4) is 0 Å². The molecule has 1 saturated heterocycles. The fourth-order valence-electron chi connectivity index (χ4n) is 5.31. The Hall–Kier alpha value is -3.44. The Kier molecular flexibility index (Phi) is 9.32. The largest absolute Gasteiger partial charge is 0.347 e. The summed E-state index contributed by atoms with van der Waals surface area (Å²) in [4.78, 5) is 72.9. The second-order valence-corrected chi connectivity index (χ2v) is 12.9. The fourth-order valence-corrected chi connectivity index (χ4v) is 5.50. The van der Waals surface area contributed by atoms with Gasteiger partial charge >= 0.3 is 0 Å². The normalized spacial score (nSPS) is 23.0. The van der Waals surface area contributed by atoms with Gasteiger partial charge in [0, 0.05) is 30.0 Å². The summed E-state index contributed by atoms with van der Waals surface area (Å²) in [5.74, 6) is -2.84. The van der Waals surface area contributed by atoms with Gasteiger partial charge in [0.05, 0.1) is 18.3 Å². The molecule has 228 valence electrons. The minimum absolute atomic E-state index is 0.00201. The number of benzene rings is 1. The van der Waals surface area contributed by atoms with Gasteiger partial charge in [0.2, 0.25) is 23.5 Å². The lowest BCUT2D eigenvalue weighted by Crippen LogP contribution is -2.59. The van der Waals surface area contributed by atoms with Gasteiger partial charge in [0.15, 0.2) is 0 Å². The molecule has 4 atom stereocenters. The van der Waals surface area contributed by atoms with E-state index in [1.807, 2.05) is 39.8 Å². The number of nitrogens with one attached hydrogen (secondary N) is 4. The average Bonchev–Trinajstić information content (AvgIpc) is 3.51. The van der Waals surface area contributed by atoms with Crippen molar-refractivity contribution in [1.29, 1.82) is 0 Å². The van der Waals surface area contributed by atoms with Crippen molar-refractivity contribution in [3.8, 4) is 0 Å². The zero-order chi connectivity index (χ0) is 30.8. The highest BCUT2D eigenvalue weighted by atomic mass is 35.5. The predicted octanol–water partition coefficient (Wildman–Crippen LogP) is 2.24. The molecule has 1 spiro atoms. The second kappa shape index (κ2) is 12.4. The van der Waals surface area contributed by atoms with Gasteiger partial charge in [0.1, 0.15) is 17.7 Å². The van der Waals surface area contributed by atoms with E-state index in [-0.39, 0.29) is 31.3 Å². The van der Waals surface area contributed by atoms with Gasteiger partial charge in [-0.05, 0) is 42.9 Å². The number of carbonyl (C=O) groups excluding carboxylic acids is 5. The van der Waals surface area contributed by atoms with E-state index in [1.54, 1.807) is 18.2 Å². The number of rotatable bonds is 10. The first-order chi connectivity index (χ1) is 19.7. The summed E-state index contributed by atoms with van der Waals surface area (Å²) >= 11 is 6.18. The second-order valence-electron chi connectivity index (χ2n) is 12.5. The number of Topliss-reactive ketones (excluding diaryl/α,β-unsaturated/α-hetero) is 1. The summed E-state index contributed by atoms with van der Waals surface area (Å²) in [6.45, 7) is 8.68. The molecule has 1 aromatic carbocycles. The van der Waals surface area contributed by atoms with Crippen LogP contribution in [0.2, 0.25) is 5.02 Å². The Bertz CT molecular complexity index is 1290. The quantitative estimate of drug-likeness (QED) is 0.301. The lowest BCUT2D eigenvalue weighted by molar-refractivity contribution is -0.145. The van der Waals surface area contributed by atoms with Gasteiger partial charge in [-0.2, -0.15) is 0 Å². The number of hydrogen-bond acceptors (Lipinski definition) is 7. The van der Waals surface area contributed by atoms with Crippen molar-refractivity contribution in [2.45, 2.75) is 96.5 Å². The van der Waals surface area contributed by atoms with Gasteiger partial charge in [-0.15, -0.1) is 0 Å². The van der Waals surface area contributed by atoms with Crippen LogP contribution in [0.4, 0.5) is 0 Å². The highest BCUT2D eigenvalue weighted by molar-refractivity contribution is 6.38. The van der Waals surface area contributed by atoms with Gasteiger partial charge in [-0.25, -0.2) is 0 Å². The van der Waals surface area contributed by atoms with Gasteiger partial charge in [0.25, 0.3) is 5.91 Å². The molecule has 0 aromatic heterocycles. The van der Waals surface area contributed by atoms with Crippen LogP contribution in [0.5, 0.6) is 0 Å². The molecule has 2 fully saturated rings. The lowest BCUT2D eigenvalue weighted by Gasteiger charge is -2.35. The van der Waals surface area contributed by atoms with Crippen molar-refractivity contribution >= 4 is 46.7 Å². The number of hydroxylamine groups is 1. The Labute approximate surface area is 251 Å². The van der Waals surface area contributed by atoms with Crippen LogP contribution >= 0.6 is 11.6 Å². The van der Waals surface area contributed by atoms with Gasteiger partial charge in [-0.1, -0.05) is 57.8 Å². The van der Waals surface area contributed by atoms with E-state index in [0.717, 1.165) is 18.4 Å². The van der Waals surface area contributed by atoms with E-state index in [2.05, 4.69) is 21.4 Å². The molecule has 42 heavy (non-hydrogen) atoms. The summed E-state index contributed by atoms with van der Waals surface area (Å²) in [7, 11) is 0. The fraction of sp³-hybridized carbons (Fsp3) is 0.567. The summed E-state index contributed by atoms with van der Waals surface area (Å²) in [6.07, 6.45) is 4.38. The van der Waals surface area contributed by atoms with Crippen LogP contribution in [0.15, 0.2) is 30.3 Å². The first-order valence-corrected chi connectivity index (χ1v) is 14.8. The number of carbonyl (C=O) groups is 5. The highest BCUT2D eigenvalue weighted by Crippen LogP contribution is 2.39. The molecular formula is C30H40ClN5O6. The van der Waals surface area contributed by atoms with Crippen molar-refractivity contribution in [1.82, 2.24) is 26.3 Å². The number of hydrogen-bond donors (Lipinski definition) is 4. The van der Waals surface area contributed by atoms with Gasteiger partial charge < -0.3 is 20.9 Å². The molecule has 0 radical (unpaired) electrons. The van der Waals surface area contributed by atoms with E-state index >= 15 is 0 Å². The minimum Gasteiger partial charge on any atom is -0.347 e. The van der Waals surface area contributed by atoms with E-state index in [9.17, 15) is 24.0 Å². The van der Waals surface area contributed by atoms with Crippen molar-refractivity contribution in [3.05, 3.63) is 40.9 Å². The van der Waals surface area contributed by atoms with Crippen LogP contribution in [0.1, 0.15) is 72.3 Å². The van der Waals surface area contributed by atoms with Crippen molar-refractivity contribution in [2.24, 2.45) is 5.41 Å². The zero-order valence-electron chi connectivity index (χ0n) is 24.7. The molecule has 4 amide bonds. The molecule has 1 aliphatic carbocycles. The average molecular weight is 602 g/mol. The molecule has 11 nitrogen and oxygen atoms in total. The smallest absolute Gasteiger partial charge is 0.289 e. The first-order valence-electron chi connectivity index (χ1n) is 14.4. The van der Waals surface area contributed by atoms with Gasteiger partial charge in [-0.3, -0.25) is 34.3 Å². The summed E-state index contributed by atoms with van der Waals surface area (Å²) in [6, 6.07) is 4.18. The number of amides is 4. The molecule has 4 N–H and O–H groups in total. The van der Waals surface area contributed by atoms with E-state index in [1.165, 1.54) is 11.8 Å². The third-order valence-corrected chi connectivity index (χ3v) is 7.89. The maximum Gasteiger partial charge on any atom is 0.289 e. The van der Waals surface area contributed by atoms with Crippen molar-refractivity contribution < 1.29 is 28.8 Å². The topological polar surface area (TPSA) is 146 Å². The van der Waals surface area contributed by atoms with E-state index in [0.29, 0.717) is 17.1 Å². The lowest BCUT2D eigenvalue weighted by atomic mass is 9.85. The molecular weight excluding hydrogens is 562 g/mol. The molecule has 0 unspecified atom stereocenters. The maximum atomic E-state index is 14.0. The van der Waals surface area contributed by atoms with E-state index in [4.69, 9.17) is 16.4 Å². The molecule has 4 rings (SSSR count). The molecule has 3 aliphatic rings. The van der Waals surface area contributed by atoms with Crippen molar-refractivity contribution in [2.75, 3.05) is 6.54 Å². The Morgan fingerprint density at radius 2 is 1.88 bits per heavy atom. The SMILES string of the molecule is CCC[C@H](NC(=O)[C@@H]1C[C@]2(C=C(c3cccc(Cl)c3)NO2)CN1C(=O)[C@@H](NC(C)=O)C(C)(C)C)C(=O)C(=O)NC1CC1. The number of likely N-dealkylation sites (tertiary alicyclic amines) is 1. The summed E-state index contributed by atoms with van der Waals surface area (Å²) < 4.78 is 0. The van der Waals surface area contributed by atoms with Crippen LogP contribution in [-0.2, 0) is 28.8 Å². The van der Waals surface area contributed by atoms with Crippen LogP contribution in [-0.4, -0.2) is 70.6 Å². The predicted molar refractivity (Wildman–Crippen MR) is 157 cm³/mol. The number of halogens is 1.